The molecule has 8 heteroatoms. The Kier molecular flexibility index (Phi) is 5.23. The lowest BCUT2D eigenvalue weighted by Gasteiger charge is -2.08. The van der Waals surface area contributed by atoms with E-state index < -0.39 is 5.91 Å². The van der Waals surface area contributed by atoms with Gasteiger partial charge in [-0.15, -0.1) is 0 Å². The molecule has 0 aliphatic rings. The monoisotopic (exact) mass is 386 g/mol. The molecule has 0 saturated carbocycles. The standard InChI is InChI=1S/C19H16ClFN4O2/c1-11-17(18(20)25(24-11)16-8-6-13(21)7-9-16)19(27)23-15-5-3-4-14(10-15)22-12(2)26/h3-10H,1-2H3,(H,22,26)(H,23,27). The molecule has 3 aromatic rings. The second kappa shape index (κ2) is 7.59. The Morgan fingerprint density at radius 3 is 2.33 bits per heavy atom. The molecule has 0 atom stereocenters. The molecule has 0 spiro atoms. The van der Waals surface area contributed by atoms with E-state index in [9.17, 15) is 14.0 Å². The predicted molar refractivity (Wildman–Crippen MR) is 102 cm³/mol. The smallest absolute Gasteiger partial charge is 0.260 e. The van der Waals surface area contributed by atoms with E-state index >= 15 is 0 Å². The van der Waals surface area contributed by atoms with E-state index in [-0.39, 0.29) is 22.4 Å². The molecule has 0 aliphatic heterocycles. The second-order valence-electron chi connectivity index (χ2n) is 5.86. The fraction of sp³-hybridized carbons (Fsp3) is 0.105. The first-order chi connectivity index (χ1) is 12.8. The van der Waals surface area contributed by atoms with Crippen LogP contribution in [0.1, 0.15) is 23.0 Å². The number of carbonyl (C=O) groups excluding carboxylic acids is 2. The number of aromatic nitrogens is 2. The molecule has 27 heavy (non-hydrogen) atoms. The van der Waals surface area contributed by atoms with Crippen LogP contribution >= 0.6 is 11.6 Å². The molecule has 0 fully saturated rings. The fourth-order valence-electron chi connectivity index (χ4n) is 2.58. The molecule has 2 aromatic carbocycles. The van der Waals surface area contributed by atoms with Crippen molar-refractivity contribution >= 4 is 34.8 Å². The molecular weight excluding hydrogens is 371 g/mol. The maximum atomic E-state index is 13.1. The summed E-state index contributed by atoms with van der Waals surface area (Å²) < 4.78 is 14.5. The highest BCUT2D eigenvalue weighted by atomic mass is 35.5. The van der Waals surface area contributed by atoms with Crippen LogP contribution < -0.4 is 10.6 Å². The number of hydrogen-bond donors (Lipinski definition) is 2. The number of nitrogens with zero attached hydrogens (tertiary/aromatic N) is 2. The molecule has 0 radical (unpaired) electrons. The lowest BCUT2D eigenvalue weighted by Crippen LogP contribution is -2.13. The van der Waals surface area contributed by atoms with Crippen molar-refractivity contribution in [1.29, 1.82) is 0 Å². The van der Waals surface area contributed by atoms with Crippen LogP contribution in [0.25, 0.3) is 5.69 Å². The van der Waals surface area contributed by atoms with E-state index in [0.717, 1.165) is 0 Å². The van der Waals surface area contributed by atoms with Gasteiger partial charge in [0.05, 0.1) is 11.4 Å². The van der Waals surface area contributed by atoms with Gasteiger partial charge in [0.25, 0.3) is 5.91 Å². The molecule has 3 rings (SSSR count). The van der Waals surface area contributed by atoms with Crippen LogP contribution in [0.15, 0.2) is 48.5 Å². The Bertz CT molecular complexity index is 1020. The minimum absolute atomic E-state index is 0.120. The number of carbonyl (C=O) groups is 2. The summed E-state index contributed by atoms with van der Waals surface area (Å²) in [5.41, 5.74) is 2.24. The molecule has 1 aromatic heterocycles. The number of hydrogen-bond acceptors (Lipinski definition) is 3. The summed E-state index contributed by atoms with van der Waals surface area (Å²) in [7, 11) is 0. The summed E-state index contributed by atoms with van der Waals surface area (Å²) in [4.78, 5) is 23.9. The minimum atomic E-state index is -0.439. The average molecular weight is 387 g/mol. The number of halogens is 2. The van der Waals surface area contributed by atoms with Gasteiger partial charge in [-0.3, -0.25) is 9.59 Å². The molecule has 6 nitrogen and oxygen atoms in total. The maximum absolute atomic E-state index is 13.1. The first-order valence-electron chi connectivity index (χ1n) is 8.05. The van der Waals surface area contributed by atoms with Crippen molar-refractivity contribution in [3.63, 3.8) is 0 Å². The molecule has 0 bridgehead atoms. The number of nitrogens with one attached hydrogen (secondary N) is 2. The van der Waals surface area contributed by atoms with Crippen molar-refractivity contribution < 1.29 is 14.0 Å². The predicted octanol–water partition coefficient (Wildman–Crippen LogP) is 4.18. The molecule has 0 saturated heterocycles. The molecular formula is C19H16ClFN4O2. The molecule has 1 heterocycles. The second-order valence-corrected chi connectivity index (χ2v) is 6.21. The van der Waals surface area contributed by atoms with Gasteiger partial charge in [-0.1, -0.05) is 17.7 Å². The number of rotatable bonds is 4. The Hall–Kier alpha value is -3.19. The van der Waals surface area contributed by atoms with Crippen molar-refractivity contribution in [2.45, 2.75) is 13.8 Å². The summed E-state index contributed by atoms with van der Waals surface area (Å²) in [6.45, 7) is 3.06. The zero-order chi connectivity index (χ0) is 19.6. The van der Waals surface area contributed by atoms with Gasteiger partial charge in [-0.2, -0.15) is 5.10 Å². The van der Waals surface area contributed by atoms with E-state index in [1.165, 1.54) is 35.9 Å². The Labute approximate surface area is 160 Å². The fourth-order valence-corrected chi connectivity index (χ4v) is 2.94. The van der Waals surface area contributed by atoms with Gasteiger partial charge in [0.15, 0.2) is 0 Å². The number of amides is 2. The van der Waals surface area contributed by atoms with Gasteiger partial charge in [0, 0.05) is 18.3 Å². The quantitative estimate of drug-likeness (QED) is 0.706. The highest BCUT2D eigenvalue weighted by Gasteiger charge is 2.21. The van der Waals surface area contributed by atoms with Crippen LogP contribution in [-0.2, 0) is 4.79 Å². The first kappa shape index (κ1) is 18.6. The average Bonchev–Trinajstić information content (AvgIpc) is 2.90. The topological polar surface area (TPSA) is 76.0 Å². The Balaban J connectivity index is 1.87. The van der Waals surface area contributed by atoms with Crippen molar-refractivity contribution in [3.8, 4) is 5.69 Å². The Morgan fingerprint density at radius 2 is 1.70 bits per heavy atom. The van der Waals surface area contributed by atoms with Gasteiger partial charge >= 0.3 is 0 Å². The molecule has 0 unspecified atom stereocenters. The normalized spacial score (nSPS) is 10.5. The Morgan fingerprint density at radius 1 is 1.07 bits per heavy atom. The van der Waals surface area contributed by atoms with Gasteiger partial charge in [0.1, 0.15) is 16.5 Å². The molecule has 2 amide bonds. The van der Waals surface area contributed by atoms with E-state index in [0.29, 0.717) is 22.8 Å². The number of anilines is 2. The van der Waals surface area contributed by atoms with Crippen LogP contribution in [0.3, 0.4) is 0 Å². The summed E-state index contributed by atoms with van der Waals surface area (Å²) in [5, 5.41) is 9.78. The van der Waals surface area contributed by atoms with Crippen LogP contribution in [0, 0.1) is 12.7 Å². The van der Waals surface area contributed by atoms with Gasteiger partial charge in [0.2, 0.25) is 5.91 Å². The zero-order valence-corrected chi connectivity index (χ0v) is 15.3. The van der Waals surface area contributed by atoms with Crippen molar-refractivity contribution in [3.05, 3.63) is 70.8 Å². The molecule has 0 aliphatic carbocycles. The van der Waals surface area contributed by atoms with Crippen molar-refractivity contribution in [2.75, 3.05) is 10.6 Å². The van der Waals surface area contributed by atoms with Gasteiger partial charge in [-0.05, 0) is 49.4 Å². The lowest BCUT2D eigenvalue weighted by atomic mass is 10.2. The summed E-state index contributed by atoms with van der Waals surface area (Å²) >= 11 is 6.35. The van der Waals surface area contributed by atoms with Gasteiger partial charge < -0.3 is 10.6 Å². The number of benzene rings is 2. The highest BCUT2D eigenvalue weighted by molar-refractivity contribution is 6.34. The van der Waals surface area contributed by atoms with E-state index in [4.69, 9.17) is 11.6 Å². The highest BCUT2D eigenvalue weighted by Crippen LogP contribution is 2.25. The SMILES string of the molecule is CC(=O)Nc1cccc(NC(=O)c2c(C)nn(-c3ccc(F)cc3)c2Cl)c1. The van der Waals surface area contributed by atoms with Crippen molar-refractivity contribution in [1.82, 2.24) is 9.78 Å². The van der Waals surface area contributed by atoms with Crippen LogP contribution in [0.5, 0.6) is 0 Å². The summed E-state index contributed by atoms with van der Waals surface area (Å²) in [6.07, 6.45) is 0. The largest absolute Gasteiger partial charge is 0.326 e. The van der Waals surface area contributed by atoms with E-state index in [2.05, 4.69) is 15.7 Å². The molecule has 138 valence electrons. The lowest BCUT2D eigenvalue weighted by molar-refractivity contribution is -0.114. The van der Waals surface area contributed by atoms with E-state index in [1.54, 1.807) is 31.2 Å². The third-order valence-corrected chi connectivity index (χ3v) is 4.09. The minimum Gasteiger partial charge on any atom is -0.326 e. The third kappa shape index (κ3) is 4.15. The van der Waals surface area contributed by atoms with Gasteiger partial charge in [-0.25, -0.2) is 9.07 Å². The summed E-state index contributed by atoms with van der Waals surface area (Å²) in [6, 6.07) is 12.4. The maximum Gasteiger partial charge on any atom is 0.260 e. The summed E-state index contributed by atoms with van der Waals surface area (Å²) in [5.74, 6) is -1.03. The van der Waals surface area contributed by atoms with Crippen LogP contribution in [0.4, 0.5) is 15.8 Å². The third-order valence-electron chi connectivity index (χ3n) is 3.74. The zero-order valence-electron chi connectivity index (χ0n) is 14.6. The number of aryl methyl sites for hydroxylation is 1. The van der Waals surface area contributed by atoms with Crippen LogP contribution in [0.2, 0.25) is 5.15 Å². The van der Waals surface area contributed by atoms with Crippen LogP contribution in [-0.4, -0.2) is 21.6 Å². The van der Waals surface area contributed by atoms with Crippen molar-refractivity contribution in [2.24, 2.45) is 0 Å². The first-order valence-corrected chi connectivity index (χ1v) is 8.43. The van der Waals surface area contributed by atoms with E-state index in [1.807, 2.05) is 0 Å². The molecule has 2 N–H and O–H groups in total.